The predicted octanol–water partition coefficient (Wildman–Crippen LogP) is -0.671. The summed E-state index contributed by atoms with van der Waals surface area (Å²) in [7, 11) is 0. The SMILES string of the molecule is N#Cc1ncn(CCO)c1N. The number of rotatable bonds is 2. The molecule has 5 nitrogen and oxygen atoms in total. The average molecular weight is 152 g/mol. The second-order valence-electron chi connectivity index (χ2n) is 2.01. The van der Waals surface area contributed by atoms with Crippen LogP contribution < -0.4 is 5.73 Å². The molecule has 0 amide bonds. The van der Waals surface area contributed by atoms with Gasteiger partial charge in [-0.3, -0.25) is 0 Å². The van der Waals surface area contributed by atoms with Gasteiger partial charge in [-0.2, -0.15) is 5.26 Å². The highest BCUT2D eigenvalue weighted by atomic mass is 16.3. The number of nitrogens with zero attached hydrogens (tertiary/aromatic N) is 3. The molecule has 0 aliphatic carbocycles. The van der Waals surface area contributed by atoms with Crippen molar-refractivity contribution in [3.05, 3.63) is 12.0 Å². The van der Waals surface area contributed by atoms with Gasteiger partial charge in [-0.25, -0.2) is 4.98 Å². The number of nitriles is 1. The summed E-state index contributed by atoms with van der Waals surface area (Å²) in [6.07, 6.45) is 1.43. The van der Waals surface area contributed by atoms with Crippen LogP contribution in [-0.4, -0.2) is 21.3 Å². The lowest BCUT2D eigenvalue weighted by Crippen LogP contribution is -2.05. The third-order valence-electron chi connectivity index (χ3n) is 1.33. The fourth-order valence-electron chi connectivity index (χ4n) is 0.764. The number of imidazole rings is 1. The molecule has 0 saturated heterocycles. The maximum atomic E-state index is 8.54. The first-order valence-electron chi connectivity index (χ1n) is 3.11. The molecular weight excluding hydrogens is 144 g/mol. The van der Waals surface area contributed by atoms with Gasteiger partial charge in [0.05, 0.1) is 12.9 Å². The Bertz CT molecular complexity index is 285. The minimum absolute atomic E-state index is 0.00850. The van der Waals surface area contributed by atoms with E-state index in [9.17, 15) is 0 Å². The molecule has 0 bridgehead atoms. The summed E-state index contributed by atoms with van der Waals surface area (Å²) >= 11 is 0. The first kappa shape index (κ1) is 7.57. The van der Waals surface area contributed by atoms with Gasteiger partial charge in [0.1, 0.15) is 11.9 Å². The highest BCUT2D eigenvalue weighted by Crippen LogP contribution is 2.06. The van der Waals surface area contributed by atoms with Crippen molar-refractivity contribution in [3.8, 4) is 6.07 Å². The van der Waals surface area contributed by atoms with Crippen molar-refractivity contribution in [2.75, 3.05) is 12.3 Å². The van der Waals surface area contributed by atoms with Crippen LogP contribution in [0.25, 0.3) is 0 Å². The summed E-state index contributed by atoms with van der Waals surface area (Å²) in [5.41, 5.74) is 5.67. The van der Waals surface area contributed by atoms with E-state index in [0.717, 1.165) is 0 Å². The van der Waals surface area contributed by atoms with Crippen LogP contribution >= 0.6 is 0 Å². The lowest BCUT2D eigenvalue weighted by molar-refractivity contribution is 0.277. The lowest BCUT2D eigenvalue weighted by atomic mass is 10.5. The molecule has 3 N–H and O–H groups in total. The Morgan fingerprint density at radius 3 is 3.00 bits per heavy atom. The molecule has 0 aliphatic heterocycles. The van der Waals surface area contributed by atoms with Gasteiger partial charge in [0.2, 0.25) is 0 Å². The Morgan fingerprint density at radius 2 is 2.55 bits per heavy atom. The largest absolute Gasteiger partial charge is 0.395 e. The molecule has 0 fully saturated rings. The molecule has 1 rings (SSSR count). The molecule has 0 atom stereocenters. The maximum absolute atomic E-state index is 8.54. The fraction of sp³-hybridized carbons (Fsp3) is 0.333. The van der Waals surface area contributed by atoms with E-state index >= 15 is 0 Å². The number of aliphatic hydroxyl groups excluding tert-OH is 1. The number of nitrogen functional groups attached to an aromatic ring is 1. The van der Waals surface area contributed by atoms with Gasteiger partial charge in [0.15, 0.2) is 5.69 Å². The standard InChI is InChI=1S/C6H8N4O/c7-3-5-6(8)10(1-2-11)4-9-5/h4,11H,1-2,8H2. The highest BCUT2D eigenvalue weighted by Gasteiger charge is 2.04. The summed E-state index contributed by atoms with van der Waals surface area (Å²) in [5, 5.41) is 17.0. The van der Waals surface area contributed by atoms with Crippen LogP contribution in [0.2, 0.25) is 0 Å². The van der Waals surface area contributed by atoms with Crippen LogP contribution in [0.4, 0.5) is 5.82 Å². The first-order chi connectivity index (χ1) is 5.29. The van der Waals surface area contributed by atoms with E-state index in [1.807, 2.05) is 6.07 Å². The van der Waals surface area contributed by atoms with Crippen LogP contribution in [0.1, 0.15) is 5.69 Å². The van der Waals surface area contributed by atoms with Gasteiger partial charge in [-0.15, -0.1) is 0 Å². The highest BCUT2D eigenvalue weighted by molar-refractivity contribution is 5.44. The van der Waals surface area contributed by atoms with Gasteiger partial charge in [0, 0.05) is 6.54 Å². The molecule has 1 aromatic rings. The predicted molar refractivity (Wildman–Crippen MR) is 38.4 cm³/mol. The Labute approximate surface area is 63.7 Å². The molecule has 0 radical (unpaired) electrons. The Balaban J connectivity index is 2.93. The van der Waals surface area contributed by atoms with E-state index in [4.69, 9.17) is 16.1 Å². The van der Waals surface area contributed by atoms with E-state index < -0.39 is 0 Å². The smallest absolute Gasteiger partial charge is 0.182 e. The van der Waals surface area contributed by atoms with Gasteiger partial charge < -0.3 is 15.4 Å². The van der Waals surface area contributed by atoms with Crippen molar-refractivity contribution in [2.45, 2.75) is 6.54 Å². The molecule has 0 aliphatic rings. The number of aliphatic hydroxyl groups is 1. The van der Waals surface area contributed by atoms with Crippen LogP contribution in [0.3, 0.4) is 0 Å². The summed E-state index contributed by atoms with van der Waals surface area (Å²) < 4.78 is 1.53. The first-order valence-corrected chi connectivity index (χ1v) is 3.11. The molecule has 1 aromatic heterocycles. The summed E-state index contributed by atoms with van der Waals surface area (Å²) in [6, 6.07) is 1.84. The quantitative estimate of drug-likeness (QED) is 0.588. The van der Waals surface area contributed by atoms with Crippen LogP contribution in [0.5, 0.6) is 0 Å². The van der Waals surface area contributed by atoms with Crippen molar-refractivity contribution in [1.82, 2.24) is 9.55 Å². The van der Waals surface area contributed by atoms with Gasteiger partial charge in [-0.05, 0) is 0 Å². The van der Waals surface area contributed by atoms with Gasteiger partial charge in [0.25, 0.3) is 0 Å². The minimum Gasteiger partial charge on any atom is -0.395 e. The van der Waals surface area contributed by atoms with Crippen molar-refractivity contribution >= 4 is 5.82 Å². The lowest BCUT2D eigenvalue weighted by Gasteiger charge is -1.99. The summed E-state index contributed by atoms with van der Waals surface area (Å²) in [5.74, 6) is 0.307. The van der Waals surface area contributed by atoms with E-state index in [1.165, 1.54) is 10.9 Å². The van der Waals surface area contributed by atoms with E-state index in [0.29, 0.717) is 12.4 Å². The average Bonchev–Trinajstić information content (AvgIpc) is 2.34. The molecule has 58 valence electrons. The molecule has 5 heteroatoms. The molecule has 1 heterocycles. The van der Waals surface area contributed by atoms with Crippen LogP contribution in [0, 0.1) is 11.3 Å². The number of hydrogen-bond donors (Lipinski definition) is 2. The van der Waals surface area contributed by atoms with Crippen LogP contribution in [0.15, 0.2) is 6.33 Å². The molecular formula is C6H8N4O. The van der Waals surface area contributed by atoms with E-state index in [2.05, 4.69) is 4.98 Å². The van der Waals surface area contributed by atoms with E-state index in [-0.39, 0.29) is 12.3 Å². The van der Waals surface area contributed by atoms with Crippen molar-refractivity contribution in [3.63, 3.8) is 0 Å². The minimum atomic E-state index is -0.00850. The normalized spacial score (nSPS) is 9.45. The number of aromatic nitrogens is 2. The van der Waals surface area contributed by atoms with Crippen molar-refractivity contribution in [1.29, 1.82) is 5.26 Å². The van der Waals surface area contributed by atoms with Crippen molar-refractivity contribution < 1.29 is 5.11 Å². The number of hydrogen-bond acceptors (Lipinski definition) is 4. The van der Waals surface area contributed by atoms with Crippen LogP contribution in [-0.2, 0) is 6.54 Å². The zero-order chi connectivity index (χ0) is 8.27. The van der Waals surface area contributed by atoms with E-state index in [1.54, 1.807) is 0 Å². The molecule has 0 saturated carbocycles. The van der Waals surface area contributed by atoms with Crippen molar-refractivity contribution in [2.24, 2.45) is 0 Å². The topological polar surface area (TPSA) is 87.9 Å². The number of anilines is 1. The fourth-order valence-corrected chi connectivity index (χ4v) is 0.764. The summed E-state index contributed by atoms with van der Waals surface area (Å²) in [6.45, 7) is 0.367. The zero-order valence-electron chi connectivity index (χ0n) is 5.86. The van der Waals surface area contributed by atoms with Gasteiger partial charge >= 0.3 is 0 Å². The third kappa shape index (κ3) is 1.30. The molecule has 0 aromatic carbocycles. The Hall–Kier alpha value is -1.54. The third-order valence-corrected chi connectivity index (χ3v) is 1.33. The second-order valence-corrected chi connectivity index (χ2v) is 2.01. The van der Waals surface area contributed by atoms with Gasteiger partial charge in [-0.1, -0.05) is 0 Å². The number of nitrogens with two attached hydrogens (primary N) is 1. The monoisotopic (exact) mass is 152 g/mol. The summed E-state index contributed by atoms with van der Waals surface area (Å²) in [4.78, 5) is 3.72. The molecule has 11 heavy (non-hydrogen) atoms. The molecule has 0 spiro atoms. The maximum Gasteiger partial charge on any atom is 0.182 e. The zero-order valence-corrected chi connectivity index (χ0v) is 5.86. The Kier molecular flexibility index (Phi) is 2.09. The molecule has 0 unspecified atom stereocenters. The second kappa shape index (κ2) is 3.03. The Morgan fingerprint density at radius 1 is 1.82 bits per heavy atom.